The highest BCUT2D eigenvalue weighted by atomic mass is 32.1. The van der Waals surface area contributed by atoms with Crippen LogP contribution >= 0.6 is 11.3 Å². The van der Waals surface area contributed by atoms with Crippen LogP contribution in [0.4, 0.5) is 10.8 Å². The van der Waals surface area contributed by atoms with Crippen LogP contribution in [0.15, 0.2) is 48.5 Å². The van der Waals surface area contributed by atoms with Crippen molar-refractivity contribution in [1.29, 1.82) is 0 Å². The molecule has 0 spiro atoms. The molecule has 0 aliphatic carbocycles. The number of carbonyl (C=O) groups excluding carboxylic acids is 1. The van der Waals surface area contributed by atoms with Gasteiger partial charge in [-0.05, 0) is 37.3 Å². The van der Waals surface area contributed by atoms with Gasteiger partial charge in [-0.25, -0.2) is 4.98 Å². The predicted octanol–water partition coefficient (Wildman–Crippen LogP) is 4.26. The number of benzene rings is 2. The molecule has 26 heavy (non-hydrogen) atoms. The first-order valence-corrected chi connectivity index (χ1v) is 8.64. The third-order valence-electron chi connectivity index (χ3n) is 3.45. The number of nitro groups is 1. The number of hydrogen-bond donors (Lipinski definition) is 1. The van der Waals surface area contributed by atoms with Gasteiger partial charge in [0.05, 0.1) is 27.3 Å². The van der Waals surface area contributed by atoms with E-state index in [2.05, 4.69) is 10.3 Å². The standard InChI is InChI=1S/C18H15N3O4S/c1-2-25-13-8-9-14-16(11-13)26-18(19-14)20-17(22)10-7-12-5-3-4-6-15(12)21(23)24/h3-11H,2H2,1H3,(H,19,20,22). The Labute approximate surface area is 153 Å². The van der Waals surface area contributed by atoms with E-state index in [0.717, 1.165) is 16.0 Å². The molecule has 0 radical (unpaired) electrons. The van der Waals surface area contributed by atoms with Crippen LogP contribution in [0.3, 0.4) is 0 Å². The Balaban J connectivity index is 1.74. The van der Waals surface area contributed by atoms with Gasteiger partial charge in [0.1, 0.15) is 5.75 Å². The van der Waals surface area contributed by atoms with Gasteiger partial charge in [-0.2, -0.15) is 0 Å². The van der Waals surface area contributed by atoms with Gasteiger partial charge in [0, 0.05) is 12.1 Å². The van der Waals surface area contributed by atoms with E-state index in [1.165, 1.54) is 29.6 Å². The summed E-state index contributed by atoms with van der Waals surface area (Å²) in [5.74, 6) is 0.338. The van der Waals surface area contributed by atoms with Crippen LogP contribution in [0.5, 0.6) is 5.75 Å². The van der Waals surface area contributed by atoms with Crippen molar-refractivity contribution in [3.63, 3.8) is 0 Å². The molecular weight excluding hydrogens is 354 g/mol. The van der Waals surface area contributed by atoms with Crippen molar-refractivity contribution >= 4 is 44.4 Å². The van der Waals surface area contributed by atoms with Gasteiger partial charge in [0.25, 0.3) is 5.69 Å². The van der Waals surface area contributed by atoms with Gasteiger partial charge in [0.2, 0.25) is 5.91 Å². The van der Waals surface area contributed by atoms with Crippen LogP contribution in [0, 0.1) is 10.1 Å². The van der Waals surface area contributed by atoms with E-state index in [0.29, 0.717) is 17.3 Å². The van der Waals surface area contributed by atoms with E-state index in [1.54, 1.807) is 18.2 Å². The highest BCUT2D eigenvalue weighted by Crippen LogP contribution is 2.29. The average Bonchev–Trinajstić information content (AvgIpc) is 3.01. The third kappa shape index (κ3) is 4.04. The molecule has 0 aliphatic heterocycles. The fraction of sp³-hybridized carbons (Fsp3) is 0.111. The second kappa shape index (κ2) is 7.75. The average molecular weight is 369 g/mol. The number of ether oxygens (including phenoxy) is 1. The minimum Gasteiger partial charge on any atom is -0.494 e. The van der Waals surface area contributed by atoms with Crippen molar-refractivity contribution in [2.45, 2.75) is 6.92 Å². The first-order valence-electron chi connectivity index (χ1n) is 7.82. The number of rotatable bonds is 6. The molecule has 0 atom stereocenters. The minimum absolute atomic E-state index is 0.0556. The molecule has 1 aromatic heterocycles. The van der Waals surface area contributed by atoms with Crippen molar-refractivity contribution in [1.82, 2.24) is 4.98 Å². The number of nitro benzene ring substituents is 1. The zero-order chi connectivity index (χ0) is 18.5. The summed E-state index contributed by atoms with van der Waals surface area (Å²) in [6.07, 6.45) is 2.66. The number of amides is 1. The third-order valence-corrected chi connectivity index (χ3v) is 4.38. The summed E-state index contributed by atoms with van der Waals surface area (Å²) in [6.45, 7) is 2.48. The van der Waals surface area contributed by atoms with Crippen molar-refractivity contribution in [2.75, 3.05) is 11.9 Å². The van der Waals surface area contributed by atoms with Crippen molar-refractivity contribution in [3.05, 3.63) is 64.2 Å². The molecule has 1 amide bonds. The summed E-state index contributed by atoms with van der Waals surface area (Å²) >= 11 is 1.33. The Bertz CT molecular complexity index is 997. The molecule has 3 rings (SSSR count). The van der Waals surface area contributed by atoms with Crippen LogP contribution in [-0.4, -0.2) is 22.4 Å². The van der Waals surface area contributed by atoms with Gasteiger partial charge < -0.3 is 4.74 Å². The summed E-state index contributed by atoms with van der Waals surface area (Å²) in [5, 5.41) is 14.1. The largest absolute Gasteiger partial charge is 0.494 e. The van der Waals surface area contributed by atoms with Crippen LogP contribution < -0.4 is 10.1 Å². The first kappa shape index (κ1) is 17.6. The summed E-state index contributed by atoms with van der Waals surface area (Å²) in [7, 11) is 0. The molecule has 0 fully saturated rings. The lowest BCUT2D eigenvalue weighted by Crippen LogP contribution is -2.07. The zero-order valence-electron chi connectivity index (χ0n) is 13.8. The molecule has 0 aliphatic rings. The second-order valence-corrected chi connectivity index (χ2v) is 6.25. The Hall–Kier alpha value is -3.26. The Morgan fingerprint density at radius 3 is 2.92 bits per heavy atom. The van der Waals surface area contributed by atoms with E-state index in [1.807, 2.05) is 25.1 Å². The number of hydrogen-bond acceptors (Lipinski definition) is 6. The number of para-hydroxylation sites is 1. The van der Waals surface area contributed by atoms with Crippen molar-refractivity contribution < 1.29 is 14.5 Å². The number of fused-ring (bicyclic) bond motifs is 1. The molecule has 132 valence electrons. The second-order valence-electron chi connectivity index (χ2n) is 5.22. The monoisotopic (exact) mass is 369 g/mol. The predicted molar refractivity (Wildman–Crippen MR) is 102 cm³/mol. The molecule has 8 heteroatoms. The summed E-state index contributed by atoms with van der Waals surface area (Å²) < 4.78 is 6.34. The zero-order valence-corrected chi connectivity index (χ0v) is 14.7. The van der Waals surface area contributed by atoms with Gasteiger partial charge in [-0.15, -0.1) is 0 Å². The van der Waals surface area contributed by atoms with E-state index in [4.69, 9.17) is 4.74 Å². The number of carbonyl (C=O) groups is 1. The maximum Gasteiger partial charge on any atom is 0.276 e. The molecule has 1 heterocycles. The van der Waals surface area contributed by atoms with Crippen molar-refractivity contribution in [2.24, 2.45) is 0 Å². The number of nitrogens with zero attached hydrogens (tertiary/aromatic N) is 2. The smallest absolute Gasteiger partial charge is 0.276 e. The lowest BCUT2D eigenvalue weighted by molar-refractivity contribution is -0.385. The van der Waals surface area contributed by atoms with Gasteiger partial charge >= 0.3 is 0 Å². The number of thiazole rings is 1. The lowest BCUT2D eigenvalue weighted by Gasteiger charge is -2.00. The maximum atomic E-state index is 12.1. The Kier molecular flexibility index (Phi) is 5.23. The highest BCUT2D eigenvalue weighted by molar-refractivity contribution is 7.22. The minimum atomic E-state index is -0.485. The van der Waals surface area contributed by atoms with Crippen LogP contribution in [0.25, 0.3) is 16.3 Å². The topological polar surface area (TPSA) is 94.4 Å². The first-order chi connectivity index (χ1) is 12.6. The van der Waals surface area contributed by atoms with Crippen LogP contribution in [0.2, 0.25) is 0 Å². The molecule has 7 nitrogen and oxygen atoms in total. The fourth-order valence-corrected chi connectivity index (χ4v) is 3.22. The highest BCUT2D eigenvalue weighted by Gasteiger charge is 2.11. The van der Waals surface area contributed by atoms with Crippen molar-refractivity contribution in [3.8, 4) is 5.75 Å². The molecule has 0 saturated heterocycles. The van der Waals surface area contributed by atoms with Crippen LogP contribution in [-0.2, 0) is 4.79 Å². The SMILES string of the molecule is CCOc1ccc2nc(NC(=O)C=Cc3ccccc3[N+](=O)[O-])sc2c1. The van der Waals surface area contributed by atoms with Gasteiger partial charge in [0.15, 0.2) is 5.13 Å². The molecular formula is C18H15N3O4S. The summed E-state index contributed by atoms with van der Waals surface area (Å²) in [6, 6.07) is 11.7. The molecule has 0 unspecified atom stereocenters. The fourth-order valence-electron chi connectivity index (χ4n) is 2.32. The Morgan fingerprint density at radius 2 is 2.15 bits per heavy atom. The maximum absolute atomic E-state index is 12.1. The van der Waals surface area contributed by atoms with Crippen LogP contribution in [0.1, 0.15) is 12.5 Å². The van der Waals surface area contributed by atoms with E-state index in [9.17, 15) is 14.9 Å². The lowest BCUT2D eigenvalue weighted by atomic mass is 10.1. The van der Waals surface area contributed by atoms with Gasteiger partial charge in [-0.1, -0.05) is 23.5 Å². The molecule has 0 bridgehead atoms. The number of aromatic nitrogens is 1. The molecule has 3 aromatic rings. The summed E-state index contributed by atoms with van der Waals surface area (Å²) in [5.41, 5.74) is 1.06. The molecule has 0 saturated carbocycles. The number of nitrogens with one attached hydrogen (secondary N) is 1. The number of anilines is 1. The Morgan fingerprint density at radius 1 is 1.35 bits per heavy atom. The van der Waals surface area contributed by atoms with Gasteiger partial charge in [-0.3, -0.25) is 20.2 Å². The summed E-state index contributed by atoms with van der Waals surface area (Å²) in [4.78, 5) is 26.9. The molecule has 1 N–H and O–H groups in total. The van der Waals surface area contributed by atoms with E-state index in [-0.39, 0.29) is 5.69 Å². The normalized spacial score (nSPS) is 11.0. The van der Waals surface area contributed by atoms with E-state index >= 15 is 0 Å². The van der Waals surface area contributed by atoms with E-state index < -0.39 is 10.8 Å². The molecule has 2 aromatic carbocycles. The quantitative estimate of drug-likeness (QED) is 0.398.